The first-order valence-electron chi connectivity index (χ1n) is 2.95. The summed E-state index contributed by atoms with van der Waals surface area (Å²) in [5.41, 5.74) is 0. The summed E-state index contributed by atoms with van der Waals surface area (Å²) >= 11 is 0. The van der Waals surface area contributed by atoms with Crippen LogP contribution in [0, 0.1) is 0 Å². The minimum atomic E-state index is 0.864. The molecule has 48 valence electrons. The highest BCUT2D eigenvalue weighted by molar-refractivity contribution is 8.05. The van der Waals surface area contributed by atoms with Crippen molar-refractivity contribution < 1.29 is 0 Å². The van der Waals surface area contributed by atoms with E-state index in [0.29, 0.717) is 0 Å². The molecule has 0 saturated heterocycles. The van der Waals surface area contributed by atoms with Gasteiger partial charge in [0.2, 0.25) is 0 Å². The lowest BCUT2D eigenvalue weighted by Crippen LogP contribution is -1.69. The number of hydrogen-bond acceptors (Lipinski definition) is 0. The fraction of sp³-hybridized carbons (Fsp3) is 0.667. The molecule has 0 radical (unpaired) electrons. The average molecular weight is 148 g/mol. The molecule has 0 aromatic rings. The van der Waals surface area contributed by atoms with Gasteiger partial charge in [-0.1, -0.05) is 33.5 Å². The molecule has 0 fully saturated rings. The molecule has 0 N–H and O–H groups in total. The predicted octanol–water partition coefficient (Wildman–Crippen LogP) is 3.16. The van der Waals surface area contributed by atoms with Crippen molar-refractivity contribution in [2.24, 2.45) is 0 Å². The molecule has 0 aliphatic rings. The van der Waals surface area contributed by atoms with Gasteiger partial charge in [-0.25, -0.2) is 0 Å². The van der Waals surface area contributed by atoms with Crippen molar-refractivity contribution in [3.8, 4) is 0 Å². The van der Waals surface area contributed by atoms with E-state index < -0.39 is 0 Å². The van der Waals surface area contributed by atoms with Gasteiger partial charge in [-0.3, -0.25) is 0 Å². The van der Waals surface area contributed by atoms with Crippen molar-refractivity contribution in [1.29, 1.82) is 0 Å². The predicted molar refractivity (Wildman–Crippen MR) is 46.7 cm³/mol. The van der Waals surface area contributed by atoms with E-state index in [1.807, 2.05) is 0 Å². The fourth-order valence-electron chi connectivity index (χ4n) is 0.462. The van der Waals surface area contributed by atoms with Crippen molar-refractivity contribution in [2.75, 3.05) is 0 Å². The Balaban J connectivity index is 2.99. The molecule has 0 aliphatic heterocycles. The maximum Gasteiger partial charge on any atom is -0.0280 e. The Kier molecular flexibility index (Phi) is 6.16. The lowest BCUT2D eigenvalue weighted by molar-refractivity contribution is 0.810. The molecule has 0 nitrogen and oxygen atoms in total. The van der Waals surface area contributed by atoms with Crippen LogP contribution in [0.2, 0.25) is 0 Å². The van der Waals surface area contributed by atoms with Crippen LogP contribution < -0.4 is 0 Å². The molecule has 8 heavy (non-hydrogen) atoms. The first kappa shape index (κ1) is 8.60. The molecule has 0 heterocycles. The van der Waals surface area contributed by atoms with E-state index in [1.165, 1.54) is 24.6 Å². The Bertz CT molecular complexity index is 68.9. The van der Waals surface area contributed by atoms with Gasteiger partial charge in [-0.2, -0.15) is 0 Å². The van der Waals surface area contributed by atoms with Gasteiger partial charge in [-0.05, 0) is 12.8 Å². The van der Waals surface area contributed by atoms with Crippen molar-refractivity contribution in [2.45, 2.75) is 26.2 Å². The van der Waals surface area contributed by atoms with Crippen LogP contribution in [0.4, 0.5) is 0 Å². The summed E-state index contributed by atoms with van der Waals surface area (Å²) in [7, 11) is 3.58. The van der Waals surface area contributed by atoms with Gasteiger partial charge in [0.1, 0.15) is 0 Å². The maximum absolute atomic E-state index is 3.90. The fourth-order valence-corrected chi connectivity index (χ4v) is 1.22. The second-order valence-corrected chi connectivity index (χ2v) is 3.71. The maximum atomic E-state index is 3.90. The van der Waals surface area contributed by atoms with Crippen molar-refractivity contribution in [3.63, 3.8) is 0 Å². The van der Waals surface area contributed by atoms with Gasteiger partial charge in [0.25, 0.3) is 0 Å². The molecule has 0 amide bonds. The Morgan fingerprint density at radius 3 is 2.75 bits per heavy atom. The zero-order chi connectivity index (χ0) is 6.41. The smallest absolute Gasteiger partial charge is 0.0280 e. The second-order valence-electron chi connectivity index (χ2n) is 1.85. The van der Waals surface area contributed by atoms with E-state index in [0.717, 1.165) is 8.27 Å². The molecule has 2 atom stereocenters. The van der Waals surface area contributed by atoms with Crippen LogP contribution in [-0.2, 0) is 0 Å². The summed E-state index contributed by atoms with van der Waals surface area (Å²) in [4.78, 5) is 0. The average Bonchev–Trinajstić information content (AvgIpc) is 1.83. The molecule has 0 aromatic heterocycles. The monoisotopic (exact) mass is 148 g/mol. The molecule has 0 bridgehead atoms. The molecule has 0 rings (SSSR count). The first-order chi connectivity index (χ1) is 3.81. The van der Waals surface area contributed by atoms with Gasteiger partial charge in [0.15, 0.2) is 0 Å². The number of allylic oxidation sites excluding steroid dienone is 1. The van der Waals surface area contributed by atoms with Crippen LogP contribution >= 0.6 is 17.2 Å². The van der Waals surface area contributed by atoms with Crippen molar-refractivity contribution in [1.82, 2.24) is 0 Å². The standard InChI is InChI=1S/C6H14P2/c1-3-4-5-6(2)8-7/h8H,2-5,7H2,1H3. The molecule has 2 unspecified atom stereocenters. The molecule has 0 aromatic carbocycles. The summed E-state index contributed by atoms with van der Waals surface area (Å²) in [6.07, 6.45) is 3.81. The van der Waals surface area contributed by atoms with Crippen molar-refractivity contribution in [3.05, 3.63) is 11.9 Å². The molecule has 0 spiro atoms. The first-order valence-corrected chi connectivity index (χ1v) is 5.76. The van der Waals surface area contributed by atoms with Crippen LogP contribution in [0.1, 0.15) is 26.2 Å². The Hall–Kier alpha value is 0.600. The molecular formula is C6H14P2. The number of unbranched alkanes of at least 4 members (excludes halogenated alkanes) is 1. The Labute approximate surface area is 56.0 Å². The lowest BCUT2D eigenvalue weighted by atomic mass is 10.2. The van der Waals surface area contributed by atoms with E-state index >= 15 is 0 Å². The van der Waals surface area contributed by atoms with E-state index in [9.17, 15) is 0 Å². The van der Waals surface area contributed by atoms with Crippen LogP contribution in [-0.4, -0.2) is 0 Å². The quantitative estimate of drug-likeness (QED) is 0.537. The molecule has 0 saturated carbocycles. The van der Waals surface area contributed by atoms with Gasteiger partial charge in [0.05, 0.1) is 0 Å². The SMILES string of the molecule is C=C(CCCC)PP. The van der Waals surface area contributed by atoms with Gasteiger partial charge in [-0.15, -0.1) is 8.93 Å². The van der Waals surface area contributed by atoms with Gasteiger partial charge >= 0.3 is 0 Å². The summed E-state index contributed by atoms with van der Waals surface area (Å²) in [6, 6.07) is 0. The second kappa shape index (κ2) is 5.73. The van der Waals surface area contributed by atoms with Crippen LogP contribution in [0.15, 0.2) is 11.9 Å². The zero-order valence-electron chi connectivity index (χ0n) is 5.41. The summed E-state index contributed by atoms with van der Waals surface area (Å²) in [6.45, 7) is 6.11. The largest absolute Gasteiger partial charge is 0.110 e. The van der Waals surface area contributed by atoms with E-state index in [1.54, 1.807) is 0 Å². The Morgan fingerprint density at radius 1 is 1.75 bits per heavy atom. The summed E-state index contributed by atoms with van der Waals surface area (Å²) in [5.74, 6) is 0. The lowest BCUT2D eigenvalue weighted by Gasteiger charge is -1.97. The summed E-state index contributed by atoms with van der Waals surface area (Å²) in [5, 5.41) is 1.39. The highest BCUT2D eigenvalue weighted by Gasteiger charge is 1.86. The highest BCUT2D eigenvalue weighted by Crippen LogP contribution is 2.32. The minimum Gasteiger partial charge on any atom is -0.110 e. The third-order valence-electron chi connectivity index (χ3n) is 1.04. The number of rotatable bonds is 4. The summed E-state index contributed by atoms with van der Waals surface area (Å²) < 4.78 is 0. The highest BCUT2D eigenvalue weighted by atomic mass is 32.0. The van der Waals surface area contributed by atoms with Crippen molar-refractivity contribution >= 4 is 17.2 Å². The normalized spacial score (nSPS) is 10.8. The van der Waals surface area contributed by atoms with Gasteiger partial charge < -0.3 is 0 Å². The molecule has 0 aliphatic carbocycles. The Morgan fingerprint density at radius 2 is 2.38 bits per heavy atom. The topological polar surface area (TPSA) is 0 Å². The van der Waals surface area contributed by atoms with Crippen LogP contribution in [0.5, 0.6) is 0 Å². The van der Waals surface area contributed by atoms with Crippen LogP contribution in [0.25, 0.3) is 0 Å². The number of hydrogen-bond donors (Lipinski definition) is 0. The van der Waals surface area contributed by atoms with Crippen LogP contribution in [0.3, 0.4) is 0 Å². The molecule has 2 heteroatoms. The van der Waals surface area contributed by atoms with E-state index in [2.05, 4.69) is 22.4 Å². The zero-order valence-corrected chi connectivity index (χ0v) is 7.56. The third kappa shape index (κ3) is 4.75. The van der Waals surface area contributed by atoms with Gasteiger partial charge in [0, 0.05) is 0 Å². The molecular weight excluding hydrogens is 134 g/mol. The minimum absolute atomic E-state index is 0.864. The third-order valence-corrected chi connectivity index (χ3v) is 2.92. The van der Waals surface area contributed by atoms with E-state index in [-0.39, 0.29) is 0 Å². The van der Waals surface area contributed by atoms with E-state index in [4.69, 9.17) is 0 Å².